The highest BCUT2D eigenvalue weighted by Gasteiger charge is 2.22. The third kappa shape index (κ3) is 2.81. The zero-order chi connectivity index (χ0) is 16.3. The number of hydrogen-bond acceptors (Lipinski definition) is 0. The molecule has 0 saturated carbocycles. The van der Waals surface area contributed by atoms with E-state index in [9.17, 15) is 0 Å². The van der Waals surface area contributed by atoms with Crippen molar-refractivity contribution in [2.45, 2.75) is 79.1 Å². The molecule has 0 radical (unpaired) electrons. The van der Waals surface area contributed by atoms with E-state index < -0.39 is 0 Å². The lowest BCUT2D eigenvalue weighted by Gasteiger charge is -2.28. The standard InChI is InChI=1S/C22H32/c1-7-15(5)21-18(10-4)17(9-3)19-13-11-12-14-20(19)22(21)16(6)8-2/h11-16H,7-10H2,1-6H3. The maximum Gasteiger partial charge on any atom is -0.0143 e. The van der Waals surface area contributed by atoms with Gasteiger partial charge in [-0.15, -0.1) is 0 Å². The fraction of sp³-hybridized carbons (Fsp3) is 0.545. The molecule has 0 heteroatoms. The van der Waals surface area contributed by atoms with Crippen molar-refractivity contribution in [1.29, 1.82) is 0 Å². The van der Waals surface area contributed by atoms with E-state index in [1.165, 1.54) is 23.6 Å². The third-order valence-corrected chi connectivity index (χ3v) is 5.44. The molecule has 0 fully saturated rings. The number of hydrogen-bond donors (Lipinski definition) is 0. The summed E-state index contributed by atoms with van der Waals surface area (Å²) in [6, 6.07) is 9.09. The monoisotopic (exact) mass is 296 g/mol. The van der Waals surface area contributed by atoms with Gasteiger partial charge in [0.2, 0.25) is 0 Å². The van der Waals surface area contributed by atoms with E-state index in [0.29, 0.717) is 11.8 Å². The molecule has 0 heterocycles. The van der Waals surface area contributed by atoms with Crippen LogP contribution in [0.3, 0.4) is 0 Å². The summed E-state index contributed by atoms with van der Waals surface area (Å²) < 4.78 is 0. The molecule has 2 atom stereocenters. The highest BCUT2D eigenvalue weighted by Crippen LogP contribution is 2.41. The highest BCUT2D eigenvalue weighted by atomic mass is 14.3. The van der Waals surface area contributed by atoms with Crippen molar-refractivity contribution in [3.63, 3.8) is 0 Å². The van der Waals surface area contributed by atoms with E-state index in [-0.39, 0.29) is 0 Å². The third-order valence-electron chi connectivity index (χ3n) is 5.44. The molecule has 0 saturated heterocycles. The Morgan fingerprint density at radius 3 is 1.68 bits per heavy atom. The molecule has 0 aromatic heterocycles. The first-order valence-corrected chi connectivity index (χ1v) is 9.16. The summed E-state index contributed by atoms with van der Waals surface area (Å²) in [4.78, 5) is 0. The van der Waals surface area contributed by atoms with Gasteiger partial charge in [-0.3, -0.25) is 0 Å². The fourth-order valence-corrected chi connectivity index (χ4v) is 3.92. The lowest BCUT2D eigenvalue weighted by molar-refractivity contribution is 0.672. The first kappa shape index (κ1) is 17.1. The molecule has 0 nitrogen and oxygen atoms in total. The molecule has 22 heavy (non-hydrogen) atoms. The Morgan fingerprint density at radius 1 is 0.682 bits per heavy atom. The van der Waals surface area contributed by atoms with Gasteiger partial charge in [-0.1, -0.05) is 65.8 Å². The normalized spacial score (nSPS) is 14.3. The van der Waals surface area contributed by atoms with Crippen LogP contribution in [0.1, 0.15) is 88.5 Å². The van der Waals surface area contributed by atoms with E-state index in [1.807, 2.05) is 0 Å². The summed E-state index contributed by atoms with van der Waals surface area (Å²) in [6.45, 7) is 14.1. The van der Waals surface area contributed by atoms with Crippen LogP contribution in [0.2, 0.25) is 0 Å². The van der Waals surface area contributed by atoms with E-state index in [0.717, 1.165) is 12.8 Å². The molecule has 0 N–H and O–H groups in total. The molecule has 2 aromatic carbocycles. The van der Waals surface area contributed by atoms with E-state index in [1.54, 1.807) is 22.3 Å². The Balaban J connectivity index is 2.97. The van der Waals surface area contributed by atoms with Gasteiger partial charge in [-0.05, 0) is 70.5 Å². The van der Waals surface area contributed by atoms with Crippen LogP contribution in [0.5, 0.6) is 0 Å². The zero-order valence-corrected chi connectivity index (χ0v) is 15.3. The first-order chi connectivity index (χ1) is 10.6. The number of benzene rings is 2. The molecule has 0 aliphatic rings. The van der Waals surface area contributed by atoms with Crippen molar-refractivity contribution in [3.8, 4) is 0 Å². The van der Waals surface area contributed by atoms with Crippen LogP contribution in [0.4, 0.5) is 0 Å². The lowest BCUT2D eigenvalue weighted by Crippen LogP contribution is -2.10. The van der Waals surface area contributed by atoms with Gasteiger partial charge in [0.15, 0.2) is 0 Å². The minimum atomic E-state index is 0.630. The van der Waals surface area contributed by atoms with E-state index in [2.05, 4.69) is 65.8 Å². The lowest BCUT2D eigenvalue weighted by atomic mass is 9.77. The van der Waals surface area contributed by atoms with Crippen LogP contribution >= 0.6 is 0 Å². The minimum absolute atomic E-state index is 0.630. The quantitative estimate of drug-likeness (QED) is 0.538. The highest BCUT2D eigenvalue weighted by molar-refractivity contribution is 5.92. The maximum atomic E-state index is 2.41. The summed E-state index contributed by atoms with van der Waals surface area (Å²) >= 11 is 0. The second-order valence-electron chi connectivity index (χ2n) is 6.66. The van der Waals surface area contributed by atoms with Gasteiger partial charge in [0, 0.05) is 0 Å². The van der Waals surface area contributed by atoms with E-state index in [4.69, 9.17) is 0 Å². The zero-order valence-electron chi connectivity index (χ0n) is 15.3. The van der Waals surface area contributed by atoms with Crippen molar-refractivity contribution in [2.75, 3.05) is 0 Å². The van der Waals surface area contributed by atoms with Crippen molar-refractivity contribution in [1.82, 2.24) is 0 Å². The van der Waals surface area contributed by atoms with Crippen LogP contribution < -0.4 is 0 Å². The molecule has 0 aliphatic heterocycles. The number of aryl methyl sites for hydroxylation is 1. The Kier molecular flexibility index (Phi) is 5.67. The maximum absolute atomic E-state index is 2.41. The molecule has 2 rings (SSSR count). The van der Waals surface area contributed by atoms with Gasteiger partial charge in [-0.25, -0.2) is 0 Å². The molecule has 0 aliphatic carbocycles. The average molecular weight is 296 g/mol. The Labute approximate surface area is 136 Å². The number of fused-ring (bicyclic) bond motifs is 1. The SMILES string of the molecule is CCc1c(C(C)CC)c(C(C)CC)c2ccccc2c1CC. The summed E-state index contributed by atoms with van der Waals surface area (Å²) in [5.41, 5.74) is 6.50. The molecule has 2 unspecified atom stereocenters. The molecule has 2 aromatic rings. The predicted molar refractivity (Wildman–Crippen MR) is 100 cm³/mol. The smallest absolute Gasteiger partial charge is 0.0143 e. The number of rotatable bonds is 6. The van der Waals surface area contributed by atoms with Crippen LogP contribution in [-0.4, -0.2) is 0 Å². The molecule has 0 spiro atoms. The second kappa shape index (κ2) is 7.31. The average Bonchev–Trinajstić information content (AvgIpc) is 2.57. The Hall–Kier alpha value is -1.30. The first-order valence-electron chi connectivity index (χ1n) is 9.16. The molecular weight excluding hydrogens is 264 g/mol. The van der Waals surface area contributed by atoms with Crippen LogP contribution in [-0.2, 0) is 12.8 Å². The van der Waals surface area contributed by atoms with Crippen molar-refractivity contribution >= 4 is 10.8 Å². The van der Waals surface area contributed by atoms with Gasteiger partial charge in [-0.2, -0.15) is 0 Å². The molecule has 120 valence electrons. The fourth-order valence-electron chi connectivity index (χ4n) is 3.92. The molecular formula is C22H32. The van der Waals surface area contributed by atoms with Crippen LogP contribution in [0, 0.1) is 0 Å². The summed E-state index contributed by atoms with van der Waals surface area (Å²) in [6.07, 6.45) is 4.71. The van der Waals surface area contributed by atoms with Crippen LogP contribution in [0.25, 0.3) is 10.8 Å². The summed E-state index contributed by atoms with van der Waals surface area (Å²) in [5.74, 6) is 1.28. The van der Waals surface area contributed by atoms with Crippen LogP contribution in [0.15, 0.2) is 24.3 Å². The second-order valence-corrected chi connectivity index (χ2v) is 6.66. The predicted octanol–water partition coefficient (Wildman–Crippen LogP) is 6.99. The van der Waals surface area contributed by atoms with Gasteiger partial charge < -0.3 is 0 Å². The Bertz CT molecular complexity index is 636. The Morgan fingerprint density at radius 2 is 1.18 bits per heavy atom. The minimum Gasteiger partial charge on any atom is -0.0648 e. The van der Waals surface area contributed by atoms with Crippen molar-refractivity contribution < 1.29 is 0 Å². The molecule has 0 amide bonds. The van der Waals surface area contributed by atoms with Gasteiger partial charge in [0.1, 0.15) is 0 Å². The topological polar surface area (TPSA) is 0 Å². The largest absolute Gasteiger partial charge is 0.0648 e. The summed E-state index contributed by atoms with van der Waals surface area (Å²) in [7, 11) is 0. The van der Waals surface area contributed by atoms with Crippen molar-refractivity contribution in [2.24, 2.45) is 0 Å². The van der Waals surface area contributed by atoms with Gasteiger partial charge in [0.25, 0.3) is 0 Å². The van der Waals surface area contributed by atoms with Gasteiger partial charge in [0.05, 0.1) is 0 Å². The van der Waals surface area contributed by atoms with Crippen molar-refractivity contribution in [3.05, 3.63) is 46.5 Å². The molecule has 0 bridgehead atoms. The van der Waals surface area contributed by atoms with E-state index >= 15 is 0 Å². The van der Waals surface area contributed by atoms with Gasteiger partial charge >= 0.3 is 0 Å². The summed E-state index contributed by atoms with van der Waals surface area (Å²) in [5, 5.41) is 2.99.